The molecule has 0 aliphatic heterocycles. The van der Waals surface area contributed by atoms with Gasteiger partial charge in [0.05, 0.1) is 4.92 Å². The third-order valence-corrected chi connectivity index (χ3v) is 2.99. The van der Waals surface area contributed by atoms with E-state index >= 15 is 0 Å². The molecule has 0 amide bonds. The number of benzene rings is 1. The molecule has 0 spiro atoms. The van der Waals surface area contributed by atoms with Crippen LogP contribution >= 0.6 is 11.8 Å². The molecule has 2 rings (SSSR count). The van der Waals surface area contributed by atoms with Gasteiger partial charge in [-0.25, -0.2) is 13.8 Å². The molecule has 0 atom stereocenters. The van der Waals surface area contributed by atoms with Crippen molar-refractivity contribution in [2.45, 2.75) is 9.92 Å². The Morgan fingerprint density at radius 1 is 1.17 bits per heavy atom. The topological polar surface area (TPSA) is 56.0 Å². The lowest BCUT2D eigenvalue weighted by Gasteiger charge is -2.01. The monoisotopic (exact) mass is 268 g/mol. The summed E-state index contributed by atoms with van der Waals surface area (Å²) < 4.78 is 25.7. The number of rotatable bonds is 3. The van der Waals surface area contributed by atoms with Crippen molar-refractivity contribution in [2.24, 2.45) is 0 Å². The average Bonchev–Trinajstić information content (AvgIpc) is 2.34. The summed E-state index contributed by atoms with van der Waals surface area (Å²) in [5, 5.41) is 10.9. The van der Waals surface area contributed by atoms with Crippen molar-refractivity contribution < 1.29 is 13.7 Å². The number of nitro groups is 1. The van der Waals surface area contributed by atoms with E-state index in [1.807, 2.05) is 0 Å². The van der Waals surface area contributed by atoms with E-state index < -0.39 is 16.6 Å². The van der Waals surface area contributed by atoms with Crippen LogP contribution in [0, 0.1) is 21.7 Å². The Morgan fingerprint density at radius 2 is 1.94 bits per heavy atom. The van der Waals surface area contributed by atoms with Gasteiger partial charge in [0, 0.05) is 11.0 Å². The van der Waals surface area contributed by atoms with Gasteiger partial charge >= 0.3 is 0 Å². The SMILES string of the molecule is O=[N+]([O-])c1ccc(Sc2ccc(F)c(F)c2)nc1. The number of aromatic nitrogens is 1. The second kappa shape index (κ2) is 5.09. The van der Waals surface area contributed by atoms with Gasteiger partial charge in [-0.05, 0) is 24.3 Å². The molecular weight excluding hydrogens is 262 g/mol. The first-order valence-corrected chi connectivity index (χ1v) is 5.61. The third kappa shape index (κ3) is 2.80. The molecule has 0 bridgehead atoms. The smallest absolute Gasteiger partial charge is 0.258 e. The first-order valence-electron chi connectivity index (χ1n) is 4.79. The van der Waals surface area contributed by atoms with E-state index in [9.17, 15) is 18.9 Å². The molecule has 1 heterocycles. The van der Waals surface area contributed by atoms with Crippen molar-refractivity contribution in [2.75, 3.05) is 0 Å². The van der Waals surface area contributed by atoms with E-state index in [-0.39, 0.29) is 5.69 Å². The first kappa shape index (κ1) is 12.4. The summed E-state index contributed by atoms with van der Waals surface area (Å²) in [6.45, 7) is 0. The van der Waals surface area contributed by atoms with E-state index in [0.717, 1.165) is 30.1 Å². The molecule has 0 N–H and O–H groups in total. The minimum atomic E-state index is -0.943. The predicted octanol–water partition coefficient (Wildman–Crippen LogP) is 3.42. The van der Waals surface area contributed by atoms with Crippen LogP contribution in [-0.2, 0) is 0 Å². The number of pyridine rings is 1. The third-order valence-electron chi connectivity index (χ3n) is 2.05. The van der Waals surface area contributed by atoms with Crippen molar-refractivity contribution in [3.63, 3.8) is 0 Å². The fourth-order valence-corrected chi connectivity index (χ4v) is 1.98. The van der Waals surface area contributed by atoms with Crippen LogP contribution in [0.15, 0.2) is 46.5 Å². The highest BCUT2D eigenvalue weighted by Gasteiger charge is 2.08. The van der Waals surface area contributed by atoms with Crippen LogP contribution in [0.2, 0.25) is 0 Å². The van der Waals surface area contributed by atoms with Crippen molar-refractivity contribution in [3.8, 4) is 0 Å². The minimum absolute atomic E-state index is 0.121. The number of hydrogen-bond donors (Lipinski definition) is 0. The van der Waals surface area contributed by atoms with E-state index in [4.69, 9.17) is 0 Å². The summed E-state index contributed by atoms with van der Waals surface area (Å²) in [7, 11) is 0. The highest BCUT2D eigenvalue weighted by Crippen LogP contribution is 2.27. The van der Waals surface area contributed by atoms with Gasteiger partial charge in [-0.3, -0.25) is 10.1 Å². The van der Waals surface area contributed by atoms with Crippen LogP contribution < -0.4 is 0 Å². The second-order valence-corrected chi connectivity index (χ2v) is 4.38. The Hall–Kier alpha value is -2.02. The van der Waals surface area contributed by atoms with Crippen molar-refractivity contribution in [1.29, 1.82) is 0 Å². The molecular formula is C11H6F2N2O2S. The lowest BCUT2D eigenvalue weighted by Crippen LogP contribution is -1.89. The molecule has 7 heteroatoms. The Balaban J connectivity index is 2.18. The second-order valence-electron chi connectivity index (χ2n) is 3.29. The average molecular weight is 268 g/mol. The van der Waals surface area contributed by atoms with Crippen LogP contribution in [-0.4, -0.2) is 9.91 Å². The maximum Gasteiger partial charge on any atom is 0.287 e. The zero-order valence-corrected chi connectivity index (χ0v) is 9.66. The van der Waals surface area contributed by atoms with Gasteiger partial charge in [0.25, 0.3) is 5.69 Å². The molecule has 0 saturated carbocycles. The summed E-state index contributed by atoms with van der Waals surface area (Å²) in [6, 6.07) is 6.22. The fourth-order valence-electron chi connectivity index (χ4n) is 1.20. The number of halogens is 2. The van der Waals surface area contributed by atoms with Crippen LogP contribution in [0.4, 0.5) is 14.5 Å². The van der Waals surface area contributed by atoms with E-state index in [1.165, 1.54) is 18.2 Å². The molecule has 0 aliphatic rings. The molecule has 92 valence electrons. The Morgan fingerprint density at radius 3 is 2.50 bits per heavy atom. The zero-order chi connectivity index (χ0) is 13.1. The van der Waals surface area contributed by atoms with E-state index in [0.29, 0.717) is 9.92 Å². The Labute approximate surface area is 105 Å². The van der Waals surface area contributed by atoms with Gasteiger partial charge in [0.1, 0.15) is 11.2 Å². The van der Waals surface area contributed by atoms with Gasteiger partial charge in [0.2, 0.25) is 0 Å². The van der Waals surface area contributed by atoms with Gasteiger partial charge in [-0.2, -0.15) is 0 Å². The molecule has 4 nitrogen and oxygen atoms in total. The van der Waals surface area contributed by atoms with E-state index in [1.54, 1.807) is 0 Å². The maximum atomic E-state index is 13.0. The number of nitrogens with zero attached hydrogens (tertiary/aromatic N) is 2. The molecule has 0 unspecified atom stereocenters. The Bertz CT molecular complexity index is 590. The molecule has 0 saturated heterocycles. The van der Waals surface area contributed by atoms with Crippen molar-refractivity contribution in [1.82, 2.24) is 4.98 Å². The maximum absolute atomic E-state index is 13.0. The summed E-state index contributed by atoms with van der Waals surface area (Å²) in [4.78, 5) is 14.2. The lowest BCUT2D eigenvalue weighted by molar-refractivity contribution is -0.385. The summed E-state index contributed by atoms with van der Waals surface area (Å²) in [5.41, 5.74) is -0.121. The highest BCUT2D eigenvalue weighted by atomic mass is 32.2. The van der Waals surface area contributed by atoms with Gasteiger partial charge in [-0.1, -0.05) is 11.8 Å². The van der Waals surface area contributed by atoms with Gasteiger partial charge in [0.15, 0.2) is 11.6 Å². The molecule has 0 aliphatic carbocycles. The largest absolute Gasteiger partial charge is 0.287 e. The fraction of sp³-hybridized carbons (Fsp3) is 0. The van der Waals surface area contributed by atoms with Crippen LogP contribution in [0.5, 0.6) is 0 Å². The van der Waals surface area contributed by atoms with Crippen LogP contribution in [0.25, 0.3) is 0 Å². The molecule has 0 radical (unpaired) electrons. The first-order chi connectivity index (χ1) is 8.56. The molecule has 2 aromatic rings. The van der Waals surface area contributed by atoms with Gasteiger partial charge < -0.3 is 0 Å². The minimum Gasteiger partial charge on any atom is -0.258 e. The molecule has 0 fully saturated rings. The summed E-state index contributed by atoms with van der Waals surface area (Å²) >= 11 is 1.09. The normalized spacial score (nSPS) is 10.3. The zero-order valence-electron chi connectivity index (χ0n) is 8.84. The van der Waals surface area contributed by atoms with Crippen molar-refractivity contribution >= 4 is 17.4 Å². The summed E-state index contributed by atoms with van der Waals surface area (Å²) in [6.07, 6.45) is 1.11. The van der Waals surface area contributed by atoms with Crippen LogP contribution in [0.3, 0.4) is 0 Å². The summed E-state index contributed by atoms with van der Waals surface area (Å²) in [5.74, 6) is -1.86. The quantitative estimate of drug-likeness (QED) is 0.632. The van der Waals surface area contributed by atoms with Crippen LogP contribution in [0.1, 0.15) is 0 Å². The van der Waals surface area contributed by atoms with Gasteiger partial charge in [-0.15, -0.1) is 0 Å². The Kier molecular flexibility index (Phi) is 3.52. The molecule has 1 aromatic carbocycles. The van der Waals surface area contributed by atoms with E-state index in [2.05, 4.69) is 4.98 Å². The standard InChI is InChI=1S/C11H6F2N2O2S/c12-9-3-2-8(5-10(9)13)18-11-4-1-7(6-14-11)15(16)17/h1-6H. The molecule has 18 heavy (non-hydrogen) atoms. The highest BCUT2D eigenvalue weighted by molar-refractivity contribution is 7.99. The number of hydrogen-bond acceptors (Lipinski definition) is 4. The predicted molar refractivity (Wildman–Crippen MR) is 61.4 cm³/mol. The lowest BCUT2D eigenvalue weighted by atomic mass is 10.3. The molecule has 1 aromatic heterocycles. The van der Waals surface area contributed by atoms with Crippen molar-refractivity contribution in [3.05, 3.63) is 58.3 Å².